The minimum Gasteiger partial charge on any atom is -0.391 e. The van der Waals surface area contributed by atoms with Gasteiger partial charge in [0.15, 0.2) is 5.78 Å². The Hall–Kier alpha value is -1.68. The minimum atomic E-state index is -0.522. The fourth-order valence-corrected chi connectivity index (χ4v) is 3.06. The molecule has 1 aromatic carbocycles. The average Bonchev–Trinajstić information content (AvgIpc) is 2.97. The van der Waals surface area contributed by atoms with E-state index in [0.717, 1.165) is 19.3 Å². The minimum absolute atomic E-state index is 0.0116. The third-order valence-corrected chi connectivity index (χ3v) is 4.28. The van der Waals surface area contributed by atoms with E-state index < -0.39 is 6.10 Å². The van der Waals surface area contributed by atoms with Crippen molar-refractivity contribution < 1.29 is 14.7 Å². The van der Waals surface area contributed by atoms with Crippen LogP contribution in [0.5, 0.6) is 0 Å². The molecule has 0 bridgehead atoms. The van der Waals surface area contributed by atoms with Gasteiger partial charge in [0.05, 0.1) is 6.10 Å². The third kappa shape index (κ3) is 5.47. The number of aliphatic hydroxyl groups excluding tert-OH is 1. The van der Waals surface area contributed by atoms with Crippen LogP contribution in [-0.4, -0.2) is 29.4 Å². The van der Waals surface area contributed by atoms with Crippen LogP contribution < -0.4 is 5.32 Å². The summed E-state index contributed by atoms with van der Waals surface area (Å²) in [6.07, 6.45) is 3.83. The van der Waals surface area contributed by atoms with Crippen molar-refractivity contribution in [2.75, 3.05) is 6.54 Å². The predicted molar refractivity (Wildman–Crippen MR) is 90.5 cm³/mol. The van der Waals surface area contributed by atoms with E-state index in [1.165, 1.54) is 11.1 Å². The van der Waals surface area contributed by atoms with Crippen LogP contribution >= 0.6 is 0 Å². The maximum Gasteiger partial charge on any atom is 0.220 e. The first kappa shape index (κ1) is 17.7. The average molecular weight is 317 g/mol. The lowest BCUT2D eigenvalue weighted by Gasteiger charge is -2.13. The highest BCUT2D eigenvalue weighted by atomic mass is 16.3. The summed E-state index contributed by atoms with van der Waals surface area (Å²) in [5, 5.41) is 12.4. The standard InChI is InChI=1S/C19H27NO3/c1-13(2)10-17(21)12-20-19(23)9-8-18(22)16-7-6-14-4-3-5-15(14)11-16/h6-7,11,13,17,21H,3-5,8-10,12H2,1-2H3,(H,20,23). The number of hydrogen-bond donors (Lipinski definition) is 2. The zero-order chi connectivity index (χ0) is 16.8. The van der Waals surface area contributed by atoms with Crippen molar-refractivity contribution >= 4 is 11.7 Å². The summed E-state index contributed by atoms with van der Waals surface area (Å²) in [5.41, 5.74) is 3.33. The zero-order valence-electron chi connectivity index (χ0n) is 14.1. The van der Waals surface area contributed by atoms with E-state index in [-0.39, 0.29) is 31.1 Å². The van der Waals surface area contributed by atoms with E-state index in [4.69, 9.17) is 0 Å². The summed E-state index contributed by atoms with van der Waals surface area (Å²) >= 11 is 0. The molecule has 4 nitrogen and oxygen atoms in total. The summed E-state index contributed by atoms with van der Waals surface area (Å²) in [7, 11) is 0. The van der Waals surface area contributed by atoms with E-state index in [2.05, 4.69) is 5.32 Å². The molecule has 4 heteroatoms. The van der Waals surface area contributed by atoms with E-state index in [1.54, 1.807) is 0 Å². The topological polar surface area (TPSA) is 66.4 Å². The SMILES string of the molecule is CC(C)CC(O)CNC(=O)CCC(=O)c1ccc2c(c1)CCC2. The molecule has 1 amide bonds. The molecule has 2 rings (SSSR count). The number of amides is 1. The second-order valence-electron chi connectivity index (χ2n) is 6.85. The van der Waals surface area contributed by atoms with Crippen molar-refractivity contribution in [3.05, 3.63) is 34.9 Å². The largest absolute Gasteiger partial charge is 0.391 e. The molecular weight excluding hydrogens is 290 g/mol. The van der Waals surface area contributed by atoms with Gasteiger partial charge < -0.3 is 10.4 Å². The van der Waals surface area contributed by atoms with Crippen LogP contribution in [0.3, 0.4) is 0 Å². The molecule has 0 aliphatic heterocycles. The summed E-state index contributed by atoms with van der Waals surface area (Å²) < 4.78 is 0. The number of fused-ring (bicyclic) bond motifs is 1. The van der Waals surface area contributed by atoms with E-state index in [0.29, 0.717) is 17.9 Å². The van der Waals surface area contributed by atoms with Gasteiger partial charge in [0.1, 0.15) is 0 Å². The highest BCUT2D eigenvalue weighted by Gasteiger charge is 2.15. The Bertz CT molecular complexity index is 566. The molecule has 23 heavy (non-hydrogen) atoms. The highest BCUT2D eigenvalue weighted by molar-refractivity contribution is 5.98. The first-order valence-corrected chi connectivity index (χ1v) is 8.55. The van der Waals surface area contributed by atoms with Gasteiger partial charge in [-0.1, -0.05) is 26.0 Å². The molecule has 0 heterocycles. The summed E-state index contributed by atoms with van der Waals surface area (Å²) in [6, 6.07) is 5.89. The molecule has 1 aliphatic carbocycles. The molecule has 2 N–H and O–H groups in total. The van der Waals surface area contributed by atoms with Crippen LogP contribution in [0.15, 0.2) is 18.2 Å². The summed E-state index contributed by atoms with van der Waals surface area (Å²) in [5.74, 6) is 0.225. The van der Waals surface area contributed by atoms with E-state index >= 15 is 0 Å². The summed E-state index contributed by atoms with van der Waals surface area (Å²) in [4.78, 5) is 24.0. The zero-order valence-corrected chi connectivity index (χ0v) is 14.1. The molecule has 1 aliphatic rings. The second kappa shape index (κ2) is 8.25. The first-order valence-electron chi connectivity index (χ1n) is 8.55. The van der Waals surface area contributed by atoms with Crippen molar-refractivity contribution in [1.82, 2.24) is 5.32 Å². The third-order valence-electron chi connectivity index (χ3n) is 4.28. The van der Waals surface area contributed by atoms with Crippen LogP contribution in [0.2, 0.25) is 0 Å². The van der Waals surface area contributed by atoms with Crippen molar-refractivity contribution in [3.8, 4) is 0 Å². The lowest BCUT2D eigenvalue weighted by molar-refractivity contribution is -0.121. The number of nitrogens with one attached hydrogen (secondary N) is 1. The van der Waals surface area contributed by atoms with Crippen molar-refractivity contribution in [3.63, 3.8) is 0 Å². The van der Waals surface area contributed by atoms with Crippen molar-refractivity contribution in [2.45, 2.75) is 58.5 Å². The van der Waals surface area contributed by atoms with Gasteiger partial charge in [0.2, 0.25) is 5.91 Å². The summed E-state index contributed by atoms with van der Waals surface area (Å²) in [6.45, 7) is 4.31. The Balaban J connectivity index is 1.74. The van der Waals surface area contributed by atoms with Gasteiger partial charge in [-0.05, 0) is 48.8 Å². The first-order chi connectivity index (χ1) is 11.0. The number of Topliss-reactive ketones (excluding diaryl/α,β-unsaturated/α-hetero) is 1. The van der Waals surface area contributed by atoms with Gasteiger partial charge in [-0.2, -0.15) is 0 Å². The molecule has 0 fully saturated rings. The van der Waals surface area contributed by atoms with Crippen LogP contribution in [0.4, 0.5) is 0 Å². The fraction of sp³-hybridized carbons (Fsp3) is 0.579. The lowest BCUT2D eigenvalue weighted by atomic mass is 10.0. The number of aryl methyl sites for hydroxylation is 2. The van der Waals surface area contributed by atoms with Gasteiger partial charge in [-0.25, -0.2) is 0 Å². The number of benzene rings is 1. The van der Waals surface area contributed by atoms with Crippen LogP contribution in [0.1, 0.15) is 61.0 Å². The van der Waals surface area contributed by atoms with Gasteiger partial charge >= 0.3 is 0 Å². The Kier molecular flexibility index (Phi) is 6.34. The predicted octanol–water partition coefficient (Wildman–Crippen LogP) is 2.66. The van der Waals surface area contributed by atoms with Gasteiger partial charge in [-0.15, -0.1) is 0 Å². The Labute approximate surface area is 138 Å². The molecular formula is C19H27NO3. The smallest absolute Gasteiger partial charge is 0.220 e. The molecule has 0 aromatic heterocycles. The van der Waals surface area contributed by atoms with Gasteiger partial charge in [-0.3, -0.25) is 9.59 Å². The quantitative estimate of drug-likeness (QED) is 0.724. The number of hydrogen-bond acceptors (Lipinski definition) is 3. The monoisotopic (exact) mass is 317 g/mol. The maximum absolute atomic E-state index is 12.2. The Morgan fingerprint density at radius 3 is 2.65 bits per heavy atom. The lowest BCUT2D eigenvalue weighted by Crippen LogP contribution is -2.32. The molecule has 1 aromatic rings. The Morgan fingerprint density at radius 1 is 1.17 bits per heavy atom. The molecule has 0 spiro atoms. The van der Waals surface area contributed by atoms with E-state index in [9.17, 15) is 14.7 Å². The molecule has 1 unspecified atom stereocenters. The molecule has 1 atom stereocenters. The number of ketones is 1. The molecule has 0 saturated carbocycles. The van der Waals surface area contributed by atoms with Crippen molar-refractivity contribution in [1.29, 1.82) is 0 Å². The Morgan fingerprint density at radius 2 is 1.91 bits per heavy atom. The van der Waals surface area contributed by atoms with E-state index in [1.807, 2.05) is 32.0 Å². The molecule has 0 radical (unpaired) electrons. The number of rotatable bonds is 8. The normalized spacial score (nSPS) is 14.6. The molecule has 0 saturated heterocycles. The molecule has 126 valence electrons. The fourth-order valence-electron chi connectivity index (χ4n) is 3.06. The van der Waals surface area contributed by atoms with Crippen LogP contribution in [0.25, 0.3) is 0 Å². The van der Waals surface area contributed by atoms with Crippen LogP contribution in [0, 0.1) is 5.92 Å². The van der Waals surface area contributed by atoms with Gasteiger partial charge in [0.25, 0.3) is 0 Å². The number of carbonyl (C=O) groups excluding carboxylic acids is 2. The van der Waals surface area contributed by atoms with Gasteiger partial charge in [0, 0.05) is 24.9 Å². The highest BCUT2D eigenvalue weighted by Crippen LogP contribution is 2.23. The number of aliphatic hydroxyl groups is 1. The number of carbonyl (C=O) groups is 2. The maximum atomic E-state index is 12.2. The second-order valence-corrected chi connectivity index (χ2v) is 6.85. The van der Waals surface area contributed by atoms with Crippen LogP contribution in [-0.2, 0) is 17.6 Å². The van der Waals surface area contributed by atoms with Crippen molar-refractivity contribution in [2.24, 2.45) is 5.92 Å².